The van der Waals surface area contributed by atoms with E-state index in [4.69, 9.17) is 9.47 Å². The number of aliphatic hydroxyl groups is 1. The molecule has 0 spiro atoms. The molecule has 0 bridgehead atoms. The SMILES string of the molecule is CCCCCCCCC=CCCCCCCCCCC(=O)O[C@@H](CO)COC(=O)CCCCCCCCCCCCCCC. The van der Waals surface area contributed by atoms with Crippen molar-refractivity contribution in [3.8, 4) is 0 Å². The van der Waals surface area contributed by atoms with Crippen LogP contribution >= 0.6 is 0 Å². The normalized spacial score (nSPS) is 12.2. The number of allylic oxidation sites excluding steroid dienone is 2. The van der Waals surface area contributed by atoms with Gasteiger partial charge in [-0.2, -0.15) is 0 Å². The Balaban J connectivity index is 3.53. The minimum absolute atomic E-state index is 0.0618. The van der Waals surface area contributed by atoms with Gasteiger partial charge in [-0.1, -0.05) is 167 Å². The summed E-state index contributed by atoms with van der Waals surface area (Å²) >= 11 is 0. The van der Waals surface area contributed by atoms with E-state index in [0.29, 0.717) is 12.8 Å². The summed E-state index contributed by atoms with van der Waals surface area (Å²) in [6.07, 6.45) is 39.8. The molecule has 260 valence electrons. The Kier molecular flexibility index (Phi) is 35.0. The molecule has 0 aromatic rings. The second-order valence-electron chi connectivity index (χ2n) is 13.0. The van der Waals surface area contributed by atoms with Crippen LogP contribution in [0.4, 0.5) is 0 Å². The molecule has 0 amide bonds. The quantitative estimate of drug-likeness (QED) is 0.0432. The zero-order valence-corrected chi connectivity index (χ0v) is 29.4. The van der Waals surface area contributed by atoms with Gasteiger partial charge in [-0.15, -0.1) is 0 Å². The Bertz CT molecular complexity index is 632. The molecule has 0 saturated heterocycles. The number of ether oxygens (including phenoxy) is 2. The molecule has 0 unspecified atom stereocenters. The highest BCUT2D eigenvalue weighted by Gasteiger charge is 2.16. The number of hydrogen-bond acceptors (Lipinski definition) is 5. The van der Waals surface area contributed by atoms with Crippen molar-refractivity contribution < 1.29 is 24.2 Å². The summed E-state index contributed by atoms with van der Waals surface area (Å²) in [6.45, 7) is 4.14. The third-order valence-corrected chi connectivity index (χ3v) is 8.56. The third-order valence-electron chi connectivity index (χ3n) is 8.56. The maximum absolute atomic E-state index is 12.1. The number of aliphatic hydroxyl groups excluding tert-OH is 1. The molecule has 0 aliphatic carbocycles. The molecule has 0 heterocycles. The number of carbonyl (C=O) groups excluding carboxylic acids is 2. The van der Waals surface area contributed by atoms with E-state index < -0.39 is 6.10 Å². The van der Waals surface area contributed by atoms with Gasteiger partial charge in [-0.25, -0.2) is 0 Å². The third kappa shape index (κ3) is 33.5. The second-order valence-corrected chi connectivity index (χ2v) is 13.0. The smallest absolute Gasteiger partial charge is 0.306 e. The molecule has 0 aromatic carbocycles. The van der Waals surface area contributed by atoms with Crippen molar-refractivity contribution in [1.29, 1.82) is 0 Å². The molecule has 0 aromatic heterocycles. The standard InChI is InChI=1S/C39H74O5/c1-3-5-7-9-11-13-15-17-18-19-20-22-24-26-28-30-32-34-39(42)44-37(35-40)36-43-38(41)33-31-29-27-25-23-21-16-14-12-10-8-6-4-2/h17-18,37,40H,3-16,19-36H2,1-2H3/t37-/m0/s1. The number of carbonyl (C=O) groups is 2. The molecule has 0 radical (unpaired) electrons. The van der Waals surface area contributed by atoms with Crippen LogP contribution in [-0.4, -0.2) is 36.4 Å². The monoisotopic (exact) mass is 623 g/mol. The van der Waals surface area contributed by atoms with Gasteiger partial charge < -0.3 is 14.6 Å². The average molecular weight is 623 g/mol. The molecule has 0 rings (SSSR count). The highest BCUT2D eigenvalue weighted by Crippen LogP contribution is 2.14. The van der Waals surface area contributed by atoms with Crippen LogP contribution in [0.2, 0.25) is 0 Å². The van der Waals surface area contributed by atoms with Gasteiger partial charge in [0.25, 0.3) is 0 Å². The van der Waals surface area contributed by atoms with E-state index in [1.165, 1.54) is 141 Å². The summed E-state index contributed by atoms with van der Waals surface area (Å²) in [7, 11) is 0. The van der Waals surface area contributed by atoms with Crippen molar-refractivity contribution in [2.75, 3.05) is 13.2 Å². The molecule has 0 aliphatic heterocycles. The van der Waals surface area contributed by atoms with Crippen molar-refractivity contribution in [3.63, 3.8) is 0 Å². The second kappa shape index (κ2) is 36.1. The number of rotatable bonds is 35. The number of hydrogen-bond donors (Lipinski definition) is 1. The van der Waals surface area contributed by atoms with Crippen LogP contribution in [0.5, 0.6) is 0 Å². The van der Waals surface area contributed by atoms with Crippen LogP contribution in [0.15, 0.2) is 12.2 Å². The largest absolute Gasteiger partial charge is 0.462 e. The minimum atomic E-state index is -0.766. The average Bonchev–Trinajstić information content (AvgIpc) is 3.02. The zero-order chi connectivity index (χ0) is 32.2. The van der Waals surface area contributed by atoms with Gasteiger partial charge in [0.05, 0.1) is 6.61 Å². The van der Waals surface area contributed by atoms with Crippen molar-refractivity contribution in [2.24, 2.45) is 0 Å². The Hall–Kier alpha value is -1.36. The first-order chi connectivity index (χ1) is 21.6. The topological polar surface area (TPSA) is 72.8 Å². The Morgan fingerprint density at radius 2 is 0.841 bits per heavy atom. The lowest BCUT2D eigenvalue weighted by atomic mass is 10.0. The van der Waals surface area contributed by atoms with Crippen molar-refractivity contribution in [2.45, 2.75) is 213 Å². The van der Waals surface area contributed by atoms with Gasteiger partial charge in [0.1, 0.15) is 6.61 Å². The van der Waals surface area contributed by atoms with Crippen molar-refractivity contribution in [3.05, 3.63) is 12.2 Å². The lowest BCUT2D eigenvalue weighted by Gasteiger charge is -2.15. The predicted molar refractivity (Wildman–Crippen MR) is 187 cm³/mol. The fourth-order valence-electron chi connectivity index (χ4n) is 5.61. The number of esters is 2. The first-order valence-corrected chi connectivity index (χ1v) is 19.2. The van der Waals surface area contributed by atoms with Gasteiger partial charge in [-0.3, -0.25) is 9.59 Å². The van der Waals surface area contributed by atoms with Crippen LogP contribution in [-0.2, 0) is 19.1 Å². The summed E-state index contributed by atoms with van der Waals surface area (Å²) in [5.41, 5.74) is 0. The fourth-order valence-corrected chi connectivity index (χ4v) is 5.61. The van der Waals surface area contributed by atoms with Crippen LogP contribution in [0.1, 0.15) is 206 Å². The van der Waals surface area contributed by atoms with Crippen LogP contribution in [0.3, 0.4) is 0 Å². The van der Waals surface area contributed by atoms with Gasteiger partial charge in [-0.05, 0) is 38.5 Å². The van der Waals surface area contributed by atoms with Gasteiger partial charge in [0.2, 0.25) is 0 Å². The van der Waals surface area contributed by atoms with E-state index in [0.717, 1.165) is 38.5 Å². The summed E-state index contributed by atoms with van der Waals surface area (Å²) in [4.78, 5) is 24.2. The van der Waals surface area contributed by atoms with E-state index >= 15 is 0 Å². The summed E-state index contributed by atoms with van der Waals surface area (Å²) < 4.78 is 10.6. The molecule has 1 N–H and O–H groups in total. The molecule has 1 atom stereocenters. The van der Waals surface area contributed by atoms with Gasteiger partial charge in [0.15, 0.2) is 6.10 Å². The van der Waals surface area contributed by atoms with Gasteiger partial charge in [0, 0.05) is 12.8 Å². The van der Waals surface area contributed by atoms with E-state index in [1.807, 2.05) is 0 Å². The highest BCUT2D eigenvalue weighted by atomic mass is 16.6. The minimum Gasteiger partial charge on any atom is -0.462 e. The van der Waals surface area contributed by atoms with E-state index in [-0.39, 0.29) is 25.2 Å². The Morgan fingerprint density at radius 3 is 1.23 bits per heavy atom. The molecule has 5 heteroatoms. The molecule has 0 aliphatic rings. The summed E-state index contributed by atoms with van der Waals surface area (Å²) in [5, 5.41) is 9.53. The van der Waals surface area contributed by atoms with Crippen LogP contribution < -0.4 is 0 Å². The zero-order valence-electron chi connectivity index (χ0n) is 29.4. The summed E-state index contributed by atoms with van der Waals surface area (Å²) in [6, 6.07) is 0. The maximum Gasteiger partial charge on any atom is 0.306 e. The van der Waals surface area contributed by atoms with Crippen LogP contribution in [0.25, 0.3) is 0 Å². The van der Waals surface area contributed by atoms with Gasteiger partial charge >= 0.3 is 11.9 Å². The molecular formula is C39H74O5. The van der Waals surface area contributed by atoms with E-state index in [1.54, 1.807) is 0 Å². The first-order valence-electron chi connectivity index (χ1n) is 19.2. The molecule has 5 nitrogen and oxygen atoms in total. The van der Waals surface area contributed by atoms with Crippen molar-refractivity contribution >= 4 is 11.9 Å². The molecular weight excluding hydrogens is 548 g/mol. The summed E-state index contributed by atoms with van der Waals surface area (Å²) in [5.74, 6) is -0.587. The fraction of sp³-hybridized carbons (Fsp3) is 0.897. The lowest BCUT2D eigenvalue weighted by Crippen LogP contribution is -2.28. The van der Waals surface area contributed by atoms with Crippen molar-refractivity contribution in [1.82, 2.24) is 0 Å². The first kappa shape index (κ1) is 42.6. The molecule has 0 fully saturated rings. The lowest BCUT2D eigenvalue weighted by molar-refractivity contribution is -0.161. The Labute approximate surface area is 273 Å². The Morgan fingerprint density at radius 1 is 0.500 bits per heavy atom. The van der Waals surface area contributed by atoms with E-state index in [9.17, 15) is 14.7 Å². The maximum atomic E-state index is 12.1. The molecule has 44 heavy (non-hydrogen) atoms. The molecule has 0 saturated carbocycles. The van der Waals surface area contributed by atoms with Crippen LogP contribution in [0, 0.1) is 0 Å². The highest BCUT2D eigenvalue weighted by molar-refractivity contribution is 5.70. The number of unbranched alkanes of at least 4 members (excludes halogenated alkanes) is 25. The predicted octanol–water partition coefficient (Wildman–Crippen LogP) is 11.7. The van der Waals surface area contributed by atoms with E-state index in [2.05, 4.69) is 26.0 Å².